The molecule has 0 heterocycles. The zero-order chi connectivity index (χ0) is 34.0. The van der Waals surface area contributed by atoms with E-state index in [0.717, 1.165) is 5.39 Å². The monoisotopic (exact) mass is 706 g/mol. The van der Waals surface area contributed by atoms with Crippen LogP contribution in [0.15, 0.2) is 103 Å². The van der Waals surface area contributed by atoms with Crippen molar-refractivity contribution in [2.45, 2.75) is 99.1 Å². The zero-order valence-corrected chi connectivity index (χ0v) is 32.3. The molecule has 0 fully saturated rings. The summed E-state index contributed by atoms with van der Waals surface area (Å²) in [4.78, 5) is 5.18. The first-order chi connectivity index (χ1) is 22.4. The number of nitrogens with one attached hydrogen (secondary N) is 1. The van der Waals surface area contributed by atoms with E-state index < -0.39 is 7.92 Å². The molecule has 0 aliphatic rings. The van der Waals surface area contributed by atoms with Gasteiger partial charge in [-0.05, 0) is 126 Å². The Balaban J connectivity index is 0.000000241. The molecule has 6 rings (SSSR count). The van der Waals surface area contributed by atoms with E-state index in [0.29, 0.717) is 35.5 Å². The molecule has 0 unspecified atom stereocenters. The number of nitrogens with zero attached hydrogens (tertiary/aromatic N) is 2. The number of hydrogen-bond donors (Lipinski definition) is 0. The molecule has 1 N–H and O–H groups in total. The summed E-state index contributed by atoms with van der Waals surface area (Å²) < 4.78 is 0. The van der Waals surface area contributed by atoms with Crippen LogP contribution in [0.25, 0.3) is 38.1 Å². The quantitative estimate of drug-likeness (QED) is 0.0851. The Morgan fingerprint density at radius 2 is 0.854 bits per heavy atom. The smallest absolute Gasteiger partial charge is 0.120 e. The first-order valence-electron chi connectivity index (χ1n) is 17.4. The van der Waals surface area contributed by atoms with Crippen LogP contribution in [0.2, 0.25) is 0 Å². The van der Waals surface area contributed by atoms with Crippen LogP contribution < -0.4 is 20.4 Å². The summed E-state index contributed by atoms with van der Waals surface area (Å²) in [6.07, 6.45) is 0. The molecule has 0 amide bonds. The Labute approximate surface area is 301 Å². The SMILES string of the molecule is CC(C)N(c1ccccc1[PH+](c1ccccc1N(C(C)C)C(C)C)C(C)C)C(C)C.[Cu].[NH-]c1ccc2ccc3cccc4ccc1c2c34. The van der Waals surface area contributed by atoms with Gasteiger partial charge in [-0.2, -0.15) is 0 Å². The molecule has 257 valence electrons. The van der Waals surface area contributed by atoms with Gasteiger partial charge in [0, 0.05) is 41.2 Å². The maximum atomic E-state index is 8.01. The van der Waals surface area contributed by atoms with Gasteiger partial charge in [0.05, 0.1) is 25.0 Å². The van der Waals surface area contributed by atoms with E-state index in [4.69, 9.17) is 5.73 Å². The van der Waals surface area contributed by atoms with Crippen molar-refractivity contribution in [3.8, 4) is 0 Å². The Kier molecular flexibility index (Phi) is 12.5. The van der Waals surface area contributed by atoms with Gasteiger partial charge in [0.25, 0.3) is 0 Å². The third-order valence-electron chi connectivity index (χ3n) is 9.28. The van der Waals surface area contributed by atoms with Crippen LogP contribution in [0.1, 0.15) is 69.2 Å². The number of rotatable bonds is 9. The van der Waals surface area contributed by atoms with Crippen molar-refractivity contribution in [2.24, 2.45) is 0 Å². The predicted molar refractivity (Wildman–Crippen MR) is 215 cm³/mol. The van der Waals surface area contributed by atoms with Crippen molar-refractivity contribution in [3.05, 3.63) is 109 Å². The number of hydrogen-bond acceptors (Lipinski definition) is 2. The second kappa shape index (κ2) is 15.9. The van der Waals surface area contributed by atoms with Crippen LogP contribution in [-0.4, -0.2) is 29.8 Å². The van der Waals surface area contributed by atoms with Gasteiger partial charge in [0.1, 0.15) is 10.6 Å². The van der Waals surface area contributed by atoms with Crippen LogP contribution in [0.5, 0.6) is 0 Å². The average molecular weight is 707 g/mol. The van der Waals surface area contributed by atoms with E-state index in [1.165, 1.54) is 38.3 Å². The topological polar surface area (TPSA) is 30.3 Å². The third kappa shape index (κ3) is 7.47. The first kappa shape index (κ1) is 37.5. The summed E-state index contributed by atoms with van der Waals surface area (Å²) in [6, 6.07) is 39.0. The molecule has 3 nitrogen and oxygen atoms in total. The van der Waals surface area contributed by atoms with E-state index >= 15 is 0 Å². The second-order valence-corrected chi connectivity index (χ2v) is 17.3. The maximum absolute atomic E-state index is 8.01. The number of anilines is 2. The van der Waals surface area contributed by atoms with Crippen molar-refractivity contribution >= 4 is 67.9 Å². The van der Waals surface area contributed by atoms with Gasteiger partial charge in [-0.15, -0.1) is 5.69 Å². The van der Waals surface area contributed by atoms with Gasteiger partial charge < -0.3 is 15.5 Å². The Bertz CT molecular complexity index is 1830. The molecular weight excluding hydrogens is 653 g/mol. The largest absolute Gasteiger partial charge is 0.698 e. The van der Waals surface area contributed by atoms with Crippen molar-refractivity contribution < 1.29 is 17.1 Å². The molecule has 6 aromatic carbocycles. The predicted octanol–water partition coefficient (Wildman–Crippen LogP) is 11.8. The van der Waals surface area contributed by atoms with Gasteiger partial charge in [0.2, 0.25) is 0 Å². The summed E-state index contributed by atoms with van der Waals surface area (Å²) in [7, 11) is -0.981. The molecule has 0 atom stereocenters. The van der Waals surface area contributed by atoms with Crippen molar-refractivity contribution in [3.63, 3.8) is 0 Å². The summed E-state index contributed by atoms with van der Waals surface area (Å²) in [5.74, 6) is 0. The maximum Gasteiger partial charge on any atom is 0.120 e. The molecule has 1 radical (unpaired) electrons. The molecule has 0 spiro atoms. The molecule has 0 aromatic heterocycles. The fourth-order valence-electron chi connectivity index (χ4n) is 7.66. The van der Waals surface area contributed by atoms with Crippen LogP contribution in [0, 0.1) is 0 Å². The van der Waals surface area contributed by atoms with E-state index in [1.807, 2.05) is 12.1 Å². The van der Waals surface area contributed by atoms with Crippen LogP contribution in [0.3, 0.4) is 0 Å². The van der Waals surface area contributed by atoms with Crippen LogP contribution >= 0.6 is 7.92 Å². The summed E-state index contributed by atoms with van der Waals surface area (Å²) >= 11 is 0. The molecule has 0 saturated heterocycles. The van der Waals surface area contributed by atoms with Crippen molar-refractivity contribution in [1.82, 2.24) is 0 Å². The normalized spacial score (nSPS) is 11.8. The second-order valence-electron chi connectivity index (χ2n) is 14.3. The van der Waals surface area contributed by atoms with Gasteiger partial charge in [-0.3, -0.25) is 0 Å². The average Bonchev–Trinajstić information content (AvgIpc) is 3.02. The van der Waals surface area contributed by atoms with Gasteiger partial charge >= 0.3 is 0 Å². The molecular formula is C43H54CuN3P. The Hall–Kier alpha value is -3.29. The van der Waals surface area contributed by atoms with Crippen LogP contribution in [0.4, 0.5) is 17.1 Å². The minimum Gasteiger partial charge on any atom is -0.698 e. The fourth-order valence-corrected chi connectivity index (χ4v) is 10.7. The van der Waals surface area contributed by atoms with E-state index in [-0.39, 0.29) is 17.1 Å². The van der Waals surface area contributed by atoms with E-state index in [9.17, 15) is 0 Å². The number of benzene rings is 6. The molecule has 0 aliphatic carbocycles. The van der Waals surface area contributed by atoms with Gasteiger partial charge in [-0.1, -0.05) is 78.9 Å². The third-order valence-corrected chi connectivity index (χ3v) is 12.4. The molecule has 0 aliphatic heterocycles. The molecule has 5 heteroatoms. The van der Waals surface area contributed by atoms with Crippen molar-refractivity contribution in [1.29, 1.82) is 0 Å². The van der Waals surface area contributed by atoms with Crippen LogP contribution in [-0.2, 0) is 17.1 Å². The summed E-state index contributed by atoms with van der Waals surface area (Å²) in [6.45, 7) is 23.3. The molecule has 6 aromatic rings. The minimum absolute atomic E-state index is 0. The summed E-state index contributed by atoms with van der Waals surface area (Å²) in [5, 5.41) is 10.4. The Morgan fingerprint density at radius 3 is 1.29 bits per heavy atom. The number of para-hydroxylation sites is 2. The Morgan fingerprint density at radius 1 is 0.458 bits per heavy atom. The van der Waals surface area contributed by atoms with Crippen molar-refractivity contribution in [2.75, 3.05) is 9.80 Å². The fraction of sp³-hybridized carbons (Fsp3) is 0.349. The molecule has 0 bridgehead atoms. The van der Waals surface area contributed by atoms with E-state index in [1.54, 1.807) is 10.6 Å². The van der Waals surface area contributed by atoms with Gasteiger partial charge in [-0.25, -0.2) is 0 Å². The van der Waals surface area contributed by atoms with E-state index in [2.05, 4.69) is 170 Å². The standard InChI is InChI=1S/C27H43N2P.C16H10N.Cu/c1-19(2)28(20(3)4)24-15-11-13-17-26(24)30(23(9)10)27-18-14-12-16-25(27)29(21(5)6)22(7)8;17-14-9-7-12-5-4-10-2-1-3-11-6-8-13(14)16(12)15(10)11;/h11-23H,1-10H3;1-9,17H;/q;-1;/p+1. The zero-order valence-electron chi connectivity index (χ0n) is 30.4. The first-order valence-corrected chi connectivity index (χ1v) is 19.0. The summed E-state index contributed by atoms with van der Waals surface area (Å²) in [5.41, 5.74) is 12.0. The van der Waals surface area contributed by atoms with Gasteiger partial charge in [0.15, 0.2) is 0 Å². The molecule has 0 saturated carbocycles. The minimum atomic E-state index is -0.981. The molecule has 48 heavy (non-hydrogen) atoms.